The maximum Gasteiger partial charge on any atom is 0.315 e. The fourth-order valence-electron chi connectivity index (χ4n) is 4.53. The monoisotopic (exact) mass is 593 g/mol. The number of aryl methyl sites for hydroxylation is 1. The minimum Gasteiger partial charge on any atom is -0.344 e. The number of pyridine rings is 1. The molecule has 3 amide bonds. The fraction of sp³-hybridized carbons (Fsp3) is 0.344. The molecule has 9 nitrogen and oxygen atoms in total. The molecule has 0 spiro atoms. The summed E-state index contributed by atoms with van der Waals surface area (Å²) in [7, 11) is 0. The molecule has 0 bridgehead atoms. The second kappa shape index (κ2) is 15.1. The Hall–Kier alpha value is -4.51. The second-order valence-electron chi connectivity index (χ2n) is 10.6. The maximum absolute atomic E-state index is 15.5. The van der Waals surface area contributed by atoms with Gasteiger partial charge in [-0.1, -0.05) is 80.6 Å². The molecule has 1 heterocycles. The number of amides is 3. The smallest absolute Gasteiger partial charge is 0.315 e. The molecule has 0 fully saturated rings. The molecule has 1 aromatic heterocycles. The number of rotatable bonds is 15. The molecule has 3 rings (SSSR count). The molecular formula is C32H37F2N5O4. The first-order chi connectivity index (χ1) is 20.4. The molecule has 5 N–H and O–H groups in total. The first kappa shape index (κ1) is 33.0. The summed E-state index contributed by atoms with van der Waals surface area (Å²) in [6, 6.07) is 19.7. The van der Waals surface area contributed by atoms with Crippen molar-refractivity contribution in [3.05, 3.63) is 102 Å². The molecule has 2 atom stereocenters. The van der Waals surface area contributed by atoms with Crippen molar-refractivity contribution in [3.8, 4) is 0 Å². The van der Waals surface area contributed by atoms with E-state index in [0.29, 0.717) is 5.69 Å². The summed E-state index contributed by atoms with van der Waals surface area (Å²) in [5, 5.41) is 7.48. The minimum absolute atomic E-state index is 0.0856. The molecule has 43 heavy (non-hydrogen) atoms. The Balaban J connectivity index is 1.71. The van der Waals surface area contributed by atoms with Gasteiger partial charge in [0.2, 0.25) is 11.7 Å². The Morgan fingerprint density at radius 2 is 1.51 bits per heavy atom. The van der Waals surface area contributed by atoms with Crippen molar-refractivity contribution in [2.24, 2.45) is 11.7 Å². The Bertz CT molecular complexity index is 1370. The predicted molar refractivity (Wildman–Crippen MR) is 158 cm³/mol. The molecule has 11 heteroatoms. The van der Waals surface area contributed by atoms with Crippen molar-refractivity contribution in [1.82, 2.24) is 20.9 Å². The van der Waals surface area contributed by atoms with E-state index in [1.165, 1.54) is 12.1 Å². The van der Waals surface area contributed by atoms with Gasteiger partial charge in [-0.15, -0.1) is 0 Å². The molecule has 0 aliphatic carbocycles. The number of carbonyl (C=O) groups is 4. The number of halogens is 2. The number of nitrogens with two attached hydrogens (primary N) is 1. The summed E-state index contributed by atoms with van der Waals surface area (Å²) in [5.74, 6) is -7.41. The number of benzene rings is 2. The van der Waals surface area contributed by atoms with Crippen LogP contribution in [0.15, 0.2) is 85.1 Å². The van der Waals surface area contributed by atoms with E-state index in [4.69, 9.17) is 5.73 Å². The molecule has 0 aliphatic heterocycles. The number of carbonyl (C=O) groups excluding carboxylic acids is 4. The van der Waals surface area contributed by atoms with E-state index >= 15 is 8.78 Å². The van der Waals surface area contributed by atoms with Gasteiger partial charge in [0.15, 0.2) is 5.78 Å². The minimum atomic E-state index is -3.92. The predicted octanol–water partition coefficient (Wildman–Crippen LogP) is 3.67. The van der Waals surface area contributed by atoms with Crippen LogP contribution in [0.25, 0.3) is 0 Å². The highest BCUT2D eigenvalue weighted by Crippen LogP contribution is 2.36. The van der Waals surface area contributed by atoms with Crippen LogP contribution in [-0.2, 0) is 32.9 Å². The van der Waals surface area contributed by atoms with Crippen LogP contribution in [0.2, 0.25) is 0 Å². The van der Waals surface area contributed by atoms with E-state index in [-0.39, 0.29) is 18.5 Å². The summed E-state index contributed by atoms with van der Waals surface area (Å²) in [4.78, 5) is 55.6. The normalized spacial score (nSPS) is 13.4. The van der Waals surface area contributed by atoms with Gasteiger partial charge in [-0.2, -0.15) is 8.78 Å². The highest BCUT2D eigenvalue weighted by atomic mass is 19.3. The Morgan fingerprint density at radius 3 is 2.12 bits per heavy atom. The van der Waals surface area contributed by atoms with Gasteiger partial charge in [0.25, 0.3) is 0 Å². The van der Waals surface area contributed by atoms with Crippen molar-refractivity contribution in [1.29, 1.82) is 0 Å². The van der Waals surface area contributed by atoms with Gasteiger partial charge in [-0.3, -0.25) is 19.4 Å². The zero-order valence-electron chi connectivity index (χ0n) is 24.2. The van der Waals surface area contributed by atoms with Crippen LogP contribution in [0.1, 0.15) is 43.5 Å². The lowest BCUT2D eigenvalue weighted by atomic mass is 9.76. The number of nitrogens with one attached hydrogen (secondary N) is 3. The van der Waals surface area contributed by atoms with Gasteiger partial charge >= 0.3 is 12.0 Å². The number of urea groups is 1. The third kappa shape index (κ3) is 9.50. The topological polar surface area (TPSA) is 143 Å². The molecule has 0 saturated carbocycles. The molecule has 2 aromatic carbocycles. The Morgan fingerprint density at radius 1 is 0.884 bits per heavy atom. The molecule has 0 saturated heterocycles. The lowest BCUT2D eigenvalue weighted by molar-refractivity contribution is -0.149. The van der Waals surface area contributed by atoms with E-state index in [1.54, 1.807) is 86.8 Å². The number of hydrogen-bond acceptors (Lipinski definition) is 6. The van der Waals surface area contributed by atoms with Crippen molar-refractivity contribution < 1.29 is 28.0 Å². The summed E-state index contributed by atoms with van der Waals surface area (Å²) in [6.07, 6.45) is -0.0215. The van der Waals surface area contributed by atoms with Crippen molar-refractivity contribution in [2.75, 3.05) is 6.54 Å². The molecule has 0 aliphatic rings. The van der Waals surface area contributed by atoms with Gasteiger partial charge in [0.1, 0.15) is 5.54 Å². The van der Waals surface area contributed by atoms with Gasteiger partial charge in [0, 0.05) is 19.0 Å². The lowest BCUT2D eigenvalue weighted by Crippen LogP contribution is -2.60. The van der Waals surface area contributed by atoms with Crippen molar-refractivity contribution >= 4 is 23.5 Å². The molecule has 3 aromatic rings. The third-order valence-corrected chi connectivity index (χ3v) is 6.95. The molecule has 0 radical (unpaired) electrons. The summed E-state index contributed by atoms with van der Waals surface area (Å²) >= 11 is 0. The number of Topliss-reactive ketones (excluding diaryl/α,β-unsaturated/α-hetero) is 2. The fourth-order valence-corrected chi connectivity index (χ4v) is 4.53. The summed E-state index contributed by atoms with van der Waals surface area (Å²) in [6.45, 7) is 2.91. The van der Waals surface area contributed by atoms with E-state index < -0.39 is 66.3 Å². The zero-order valence-corrected chi connectivity index (χ0v) is 24.2. The number of hydrogen-bond donors (Lipinski definition) is 4. The van der Waals surface area contributed by atoms with E-state index in [0.717, 1.165) is 5.56 Å². The Labute approximate surface area is 249 Å². The highest BCUT2D eigenvalue weighted by molar-refractivity contribution is 5.98. The van der Waals surface area contributed by atoms with Crippen LogP contribution in [0.4, 0.5) is 13.6 Å². The van der Waals surface area contributed by atoms with Gasteiger partial charge in [-0.25, -0.2) is 4.79 Å². The van der Waals surface area contributed by atoms with Gasteiger partial charge in [-0.05, 0) is 35.6 Å². The number of alkyl halides is 2. The summed E-state index contributed by atoms with van der Waals surface area (Å²) in [5.41, 5.74) is 5.63. The number of ketones is 2. The highest BCUT2D eigenvalue weighted by Gasteiger charge is 2.51. The first-order valence-electron chi connectivity index (χ1n) is 14.0. The molecular weight excluding hydrogens is 556 g/mol. The molecule has 0 unspecified atom stereocenters. The quantitative estimate of drug-likeness (QED) is 0.212. The van der Waals surface area contributed by atoms with Crippen LogP contribution >= 0.6 is 0 Å². The van der Waals surface area contributed by atoms with Crippen LogP contribution in [-0.4, -0.2) is 47.0 Å². The summed E-state index contributed by atoms with van der Waals surface area (Å²) < 4.78 is 30.9. The standard InChI is InChI=1S/C32H37F2N5O4/c1-22(2)28(39-27(41)20-38-30(43)37-19-25-15-9-10-18-36-25)29(42)31(35,24-13-7-4-8-14-24)21-32(33,34)26(40)17-16-23-11-5-3-6-12-23/h3-15,18,22,28H,16-17,19-21,35H2,1-2H3,(H,39,41)(H2,37,38,43)/t28-,31-/m0/s1. The van der Waals surface area contributed by atoms with Gasteiger partial charge in [0.05, 0.1) is 24.8 Å². The van der Waals surface area contributed by atoms with Crippen molar-refractivity contribution in [3.63, 3.8) is 0 Å². The number of aromatic nitrogens is 1. The van der Waals surface area contributed by atoms with E-state index in [2.05, 4.69) is 20.9 Å². The van der Waals surface area contributed by atoms with E-state index in [1.807, 2.05) is 0 Å². The average Bonchev–Trinajstić information content (AvgIpc) is 3.01. The Kier molecular flexibility index (Phi) is 11.6. The maximum atomic E-state index is 15.5. The second-order valence-corrected chi connectivity index (χ2v) is 10.6. The van der Waals surface area contributed by atoms with Gasteiger partial charge < -0.3 is 21.7 Å². The lowest BCUT2D eigenvalue weighted by Gasteiger charge is -2.36. The van der Waals surface area contributed by atoms with Crippen LogP contribution in [0.3, 0.4) is 0 Å². The van der Waals surface area contributed by atoms with Crippen molar-refractivity contribution in [2.45, 2.75) is 57.2 Å². The molecule has 228 valence electrons. The van der Waals surface area contributed by atoms with E-state index in [9.17, 15) is 19.2 Å². The third-order valence-electron chi connectivity index (χ3n) is 6.95. The largest absolute Gasteiger partial charge is 0.344 e. The SMILES string of the molecule is CC(C)[C@H](NC(=O)CNC(=O)NCc1ccccn1)C(=O)[C@](N)(CC(F)(F)C(=O)CCc1ccccc1)c1ccccc1. The van der Waals surface area contributed by atoms with Crippen LogP contribution < -0.4 is 21.7 Å². The van der Waals surface area contributed by atoms with Crippen LogP contribution in [0.5, 0.6) is 0 Å². The number of nitrogens with zero attached hydrogens (tertiary/aromatic N) is 1. The first-order valence-corrected chi connectivity index (χ1v) is 14.0. The average molecular weight is 594 g/mol. The van der Waals surface area contributed by atoms with Crippen LogP contribution in [0, 0.1) is 5.92 Å². The zero-order chi connectivity index (χ0) is 31.5.